The molecule has 4 heterocycles. The number of aromatic nitrogens is 5. The third-order valence-electron chi connectivity index (χ3n) is 15.7. The zero-order valence-corrected chi connectivity index (χ0v) is 48.0. The van der Waals surface area contributed by atoms with Gasteiger partial charge in [0.05, 0.1) is 58.8 Å². The molecule has 0 bridgehead atoms. The van der Waals surface area contributed by atoms with Gasteiger partial charge in [0, 0.05) is 32.8 Å². The number of hydrogen-bond donors (Lipinski definition) is 1. The van der Waals surface area contributed by atoms with Gasteiger partial charge < -0.3 is 5.11 Å². The average Bonchev–Trinajstić information content (AvgIpc) is 3.98. The summed E-state index contributed by atoms with van der Waals surface area (Å²) in [5.41, 5.74) is 16.8. The van der Waals surface area contributed by atoms with Crippen LogP contribution < -0.4 is 5.19 Å². The molecule has 75 heavy (non-hydrogen) atoms. The van der Waals surface area contributed by atoms with Crippen LogP contribution in [0.3, 0.4) is 0 Å². The highest BCUT2D eigenvalue weighted by molar-refractivity contribution is 6.88. The van der Waals surface area contributed by atoms with Crippen LogP contribution in [0.2, 0.25) is 19.6 Å². The Balaban J connectivity index is 1.26. The summed E-state index contributed by atoms with van der Waals surface area (Å²) in [6, 6.07) is 46.9. The van der Waals surface area contributed by atoms with Crippen LogP contribution in [0.15, 0.2) is 134 Å². The number of hydrogen-bond acceptors (Lipinski definition) is 4. The van der Waals surface area contributed by atoms with Crippen LogP contribution in [0.4, 0.5) is 0 Å². The zero-order valence-electron chi connectivity index (χ0n) is 47.0. The van der Waals surface area contributed by atoms with Gasteiger partial charge in [0.1, 0.15) is 17.2 Å². The molecule has 0 aliphatic heterocycles. The van der Waals surface area contributed by atoms with E-state index in [1.54, 1.807) is 0 Å². The molecule has 6 nitrogen and oxygen atoms in total. The number of imidazole rings is 2. The van der Waals surface area contributed by atoms with E-state index in [1.807, 2.05) is 6.20 Å². The van der Waals surface area contributed by atoms with Gasteiger partial charge in [-0.2, -0.15) is 0 Å². The van der Waals surface area contributed by atoms with Crippen molar-refractivity contribution in [2.45, 2.75) is 138 Å². The molecule has 380 valence electrons. The molecule has 11 aromatic rings. The highest BCUT2D eigenvalue weighted by Gasteiger charge is 2.33. The molecule has 0 amide bonds. The monoisotopic (exact) mass is 1000 g/mol. The Morgan fingerprint density at radius 2 is 1.13 bits per heavy atom. The summed E-state index contributed by atoms with van der Waals surface area (Å²) in [5.74, 6) is 1.43. The number of phenolic OH excluding ortho intramolecular Hbond substituents is 1. The Bertz CT molecular complexity index is 4090. The van der Waals surface area contributed by atoms with E-state index in [1.165, 1.54) is 32.6 Å². The molecule has 0 spiro atoms. The van der Waals surface area contributed by atoms with Crippen LogP contribution >= 0.6 is 0 Å². The molecule has 0 unspecified atom stereocenters. The quantitative estimate of drug-likeness (QED) is 0.128. The Kier molecular flexibility index (Phi) is 11.7. The van der Waals surface area contributed by atoms with Crippen LogP contribution in [-0.4, -0.2) is 37.1 Å². The summed E-state index contributed by atoms with van der Waals surface area (Å²) in [6.45, 7) is 36.9. The average molecular weight is 1000 g/mol. The number of pyridine rings is 2. The van der Waals surface area contributed by atoms with Crippen molar-refractivity contribution in [2.75, 3.05) is 0 Å². The van der Waals surface area contributed by atoms with Gasteiger partial charge >= 0.3 is 0 Å². The van der Waals surface area contributed by atoms with Crippen molar-refractivity contribution in [3.05, 3.63) is 161 Å². The first kappa shape index (κ1) is 50.1. The van der Waals surface area contributed by atoms with E-state index in [9.17, 15) is 5.11 Å². The van der Waals surface area contributed by atoms with Gasteiger partial charge in [-0.05, 0) is 103 Å². The number of fused-ring (bicyclic) bond motifs is 11. The molecule has 0 radical (unpaired) electrons. The van der Waals surface area contributed by atoms with Crippen molar-refractivity contribution in [3.63, 3.8) is 0 Å². The first-order valence-corrected chi connectivity index (χ1v) is 30.5. The summed E-state index contributed by atoms with van der Waals surface area (Å²) in [5, 5.41) is 20.1. The van der Waals surface area contributed by atoms with Gasteiger partial charge in [0.15, 0.2) is 0 Å². The fraction of sp³-hybridized carbons (Fsp3) is 0.309. The Hall–Kier alpha value is -7.09. The molecule has 4 aromatic heterocycles. The fourth-order valence-corrected chi connectivity index (χ4v) is 12.5. The number of phenols is 1. The summed E-state index contributed by atoms with van der Waals surface area (Å²) >= 11 is 0. The van der Waals surface area contributed by atoms with Gasteiger partial charge in [-0.25, -0.2) is 9.97 Å². The largest absolute Gasteiger partial charge is 0.507 e. The number of aromatic hydroxyl groups is 1. The number of nitrogens with zero attached hydrogens (tertiary/aromatic N) is 5. The molecule has 7 aromatic carbocycles. The van der Waals surface area contributed by atoms with Gasteiger partial charge in [-0.3, -0.25) is 14.0 Å². The second kappa shape index (κ2) is 17.5. The van der Waals surface area contributed by atoms with E-state index in [-0.39, 0.29) is 33.8 Å². The second-order valence-corrected chi connectivity index (χ2v) is 31.1. The van der Waals surface area contributed by atoms with Crippen molar-refractivity contribution in [1.29, 1.82) is 0 Å². The standard InChI is InChI=1S/C68H73N5OSi/c1-39(2)51-35-46(75(14,15)16)36-52(40(3)4)61(51)73-62-47-24-18-17-23-41(47)32-53(60(62)71-65(73)54-33-45(67(8,9)10)34-55(63(54)74)68(11,12)13)42-29-43(31-44(30-42)66(5,6)7)56-37-57-59(38-69-56)72-58-28-22-21-26-49(58)48-25-19-20-27-50(48)64(72)70-57/h17-40,74H,1-16H3. The van der Waals surface area contributed by atoms with E-state index in [0.717, 1.165) is 100.0 Å². The zero-order chi connectivity index (χ0) is 53.4. The lowest BCUT2D eigenvalue weighted by Gasteiger charge is -2.29. The molecular weight excluding hydrogens is 931 g/mol. The number of benzene rings is 7. The summed E-state index contributed by atoms with van der Waals surface area (Å²) in [4.78, 5) is 16.6. The molecule has 7 heteroatoms. The summed E-state index contributed by atoms with van der Waals surface area (Å²) < 4.78 is 4.74. The second-order valence-electron chi connectivity index (χ2n) is 26.0. The topological polar surface area (TPSA) is 68.2 Å². The lowest BCUT2D eigenvalue weighted by atomic mass is 9.79. The highest BCUT2D eigenvalue weighted by atomic mass is 28.3. The van der Waals surface area contributed by atoms with E-state index >= 15 is 0 Å². The summed E-state index contributed by atoms with van der Waals surface area (Å²) in [6.07, 6.45) is 2.01. The maximum absolute atomic E-state index is 12.9. The van der Waals surface area contributed by atoms with Gasteiger partial charge in [-0.1, -0.05) is 206 Å². The minimum atomic E-state index is -1.77. The number of rotatable bonds is 7. The predicted molar refractivity (Wildman–Crippen MR) is 323 cm³/mol. The maximum Gasteiger partial charge on any atom is 0.149 e. The summed E-state index contributed by atoms with van der Waals surface area (Å²) in [7, 11) is -1.77. The molecule has 0 aliphatic rings. The molecule has 11 rings (SSSR count). The molecule has 0 aliphatic carbocycles. The van der Waals surface area contributed by atoms with Gasteiger partial charge in [0.25, 0.3) is 0 Å². The van der Waals surface area contributed by atoms with Crippen LogP contribution in [0.5, 0.6) is 5.75 Å². The molecule has 0 saturated carbocycles. The van der Waals surface area contributed by atoms with Crippen LogP contribution in [0, 0.1) is 0 Å². The van der Waals surface area contributed by atoms with Crippen LogP contribution in [0.25, 0.3) is 99.6 Å². The van der Waals surface area contributed by atoms with E-state index in [2.05, 4.69) is 246 Å². The first-order valence-electron chi connectivity index (χ1n) is 27.0. The van der Waals surface area contributed by atoms with E-state index < -0.39 is 8.07 Å². The SMILES string of the molecule is CC(C)c1cc([Si](C)(C)C)cc(C(C)C)c1-n1c(-c2cc(C(C)(C)C)cc(C(C)(C)C)c2O)nc2c(-c3cc(-c4cc5nc6c7ccccc7c7ccccc7n6c5cn4)cc(C(C)(C)C)c3)cc3ccccc3c21. The molecule has 0 fully saturated rings. The smallest absolute Gasteiger partial charge is 0.149 e. The third-order valence-corrected chi connectivity index (χ3v) is 17.7. The van der Waals surface area contributed by atoms with E-state index in [4.69, 9.17) is 15.0 Å². The molecule has 1 N–H and O–H groups in total. The van der Waals surface area contributed by atoms with Crippen molar-refractivity contribution in [3.8, 4) is 45.2 Å². The predicted octanol–water partition coefficient (Wildman–Crippen LogP) is 18.1. The van der Waals surface area contributed by atoms with E-state index in [0.29, 0.717) is 0 Å². The lowest BCUT2D eigenvalue weighted by molar-refractivity contribution is 0.446. The van der Waals surface area contributed by atoms with Crippen molar-refractivity contribution >= 4 is 73.4 Å². The molecule has 0 saturated heterocycles. The highest BCUT2D eigenvalue weighted by Crippen LogP contribution is 2.48. The van der Waals surface area contributed by atoms with Crippen molar-refractivity contribution in [1.82, 2.24) is 23.9 Å². The van der Waals surface area contributed by atoms with Crippen molar-refractivity contribution in [2.24, 2.45) is 0 Å². The Morgan fingerprint density at radius 1 is 0.547 bits per heavy atom. The third kappa shape index (κ3) is 8.43. The Morgan fingerprint density at radius 3 is 1.76 bits per heavy atom. The molecular formula is C68H73N5OSi. The minimum Gasteiger partial charge on any atom is -0.507 e. The van der Waals surface area contributed by atoms with Gasteiger partial charge in [-0.15, -0.1) is 0 Å². The van der Waals surface area contributed by atoms with Crippen LogP contribution in [0.1, 0.15) is 130 Å². The van der Waals surface area contributed by atoms with Gasteiger partial charge in [0.2, 0.25) is 0 Å². The normalized spacial score (nSPS) is 13.1. The fourth-order valence-electron chi connectivity index (χ4n) is 11.3. The van der Waals surface area contributed by atoms with Crippen LogP contribution in [-0.2, 0) is 16.2 Å². The maximum atomic E-state index is 12.9. The first-order chi connectivity index (χ1) is 35.3. The molecule has 0 atom stereocenters. The Labute approximate surface area is 444 Å². The number of para-hydroxylation sites is 1. The lowest BCUT2D eigenvalue weighted by Crippen LogP contribution is -2.38. The minimum absolute atomic E-state index is 0.199. The van der Waals surface area contributed by atoms with Crippen molar-refractivity contribution < 1.29 is 5.11 Å².